The van der Waals surface area contributed by atoms with Crippen LogP contribution in [0.25, 0.3) is 0 Å². The van der Waals surface area contributed by atoms with Gasteiger partial charge in [-0.3, -0.25) is 9.10 Å². The van der Waals surface area contributed by atoms with Crippen molar-refractivity contribution in [3.63, 3.8) is 0 Å². The smallest absolute Gasteiger partial charge is 0.264 e. The second kappa shape index (κ2) is 6.93. The number of halogens is 1. The minimum absolute atomic E-state index is 0.0527. The van der Waals surface area contributed by atoms with E-state index >= 15 is 0 Å². The Kier molecular flexibility index (Phi) is 4.84. The Labute approximate surface area is 150 Å². The molecule has 0 radical (unpaired) electrons. The third-order valence-electron chi connectivity index (χ3n) is 4.21. The van der Waals surface area contributed by atoms with E-state index in [1.807, 2.05) is 0 Å². The number of fused-ring (bicyclic) bond motifs is 1. The number of hydrogen-bond donors (Lipinski definition) is 2. The van der Waals surface area contributed by atoms with Crippen LogP contribution < -0.4 is 20.1 Å². The highest BCUT2D eigenvalue weighted by molar-refractivity contribution is 7.92. The molecule has 0 spiro atoms. The Bertz CT molecular complexity index is 918. The van der Waals surface area contributed by atoms with E-state index in [0.29, 0.717) is 17.8 Å². The summed E-state index contributed by atoms with van der Waals surface area (Å²) in [6, 6.07) is 8.66. The maximum absolute atomic E-state index is 13.2. The molecule has 1 amide bonds. The average Bonchev–Trinajstić information content (AvgIpc) is 2.61. The predicted molar refractivity (Wildman–Crippen MR) is 95.1 cm³/mol. The summed E-state index contributed by atoms with van der Waals surface area (Å²) in [5, 5.41) is 2.49. The number of sulfonamides is 1. The predicted octanol–water partition coefficient (Wildman–Crippen LogP) is 1.70. The number of rotatable bonds is 5. The molecule has 0 aliphatic carbocycles. The number of carbonyl (C=O) groups excluding carboxylic acids is 1. The molecule has 1 aliphatic heterocycles. The fourth-order valence-electron chi connectivity index (χ4n) is 2.89. The minimum atomic E-state index is -4.00. The zero-order valence-electron chi connectivity index (χ0n) is 13.9. The maximum atomic E-state index is 13.2. The third kappa shape index (κ3) is 3.11. The Morgan fingerprint density at radius 3 is 2.58 bits per heavy atom. The van der Waals surface area contributed by atoms with Gasteiger partial charge in [-0.2, -0.15) is 0 Å². The van der Waals surface area contributed by atoms with Gasteiger partial charge in [-0.15, -0.1) is 0 Å². The quantitative estimate of drug-likeness (QED) is 0.770. The van der Waals surface area contributed by atoms with Gasteiger partial charge in [-0.05, 0) is 49.4 Å². The highest BCUT2D eigenvalue weighted by Crippen LogP contribution is 2.41. The molecule has 0 bridgehead atoms. The van der Waals surface area contributed by atoms with E-state index in [1.165, 1.54) is 22.5 Å². The summed E-state index contributed by atoms with van der Waals surface area (Å²) < 4.78 is 46.6. The van der Waals surface area contributed by atoms with Crippen molar-refractivity contribution in [2.45, 2.75) is 24.0 Å². The SMILES string of the molecule is C[C@H]1[C@@H](CN)Oc2ccc(NC=O)cc2N1S(=O)(=O)c1ccc(F)cc1. The Hall–Kier alpha value is -2.65. The van der Waals surface area contributed by atoms with Crippen molar-refractivity contribution in [2.75, 3.05) is 16.2 Å². The van der Waals surface area contributed by atoms with Crippen LogP contribution in [0.3, 0.4) is 0 Å². The van der Waals surface area contributed by atoms with Crippen molar-refractivity contribution in [3.8, 4) is 5.75 Å². The normalized spacial score (nSPS) is 19.4. The van der Waals surface area contributed by atoms with Crippen molar-refractivity contribution in [1.82, 2.24) is 0 Å². The highest BCUT2D eigenvalue weighted by atomic mass is 32.2. The molecule has 138 valence electrons. The van der Waals surface area contributed by atoms with E-state index in [-0.39, 0.29) is 17.1 Å². The number of nitrogens with one attached hydrogen (secondary N) is 1. The molecule has 3 rings (SSSR count). The van der Waals surface area contributed by atoms with Crippen LogP contribution in [0.2, 0.25) is 0 Å². The molecule has 0 saturated carbocycles. The molecule has 7 nitrogen and oxygen atoms in total. The van der Waals surface area contributed by atoms with Gasteiger partial charge in [0.2, 0.25) is 6.41 Å². The summed E-state index contributed by atoms with van der Waals surface area (Å²) in [5.74, 6) is -0.197. The second-order valence-corrected chi connectivity index (χ2v) is 7.65. The van der Waals surface area contributed by atoms with Crippen molar-refractivity contribution in [2.24, 2.45) is 5.73 Å². The van der Waals surface area contributed by atoms with Gasteiger partial charge >= 0.3 is 0 Å². The summed E-state index contributed by atoms with van der Waals surface area (Å²) >= 11 is 0. The number of amides is 1. The second-order valence-electron chi connectivity index (χ2n) is 5.83. The first-order chi connectivity index (χ1) is 12.4. The Morgan fingerprint density at radius 2 is 1.96 bits per heavy atom. The fourth-order valence-corrected chi connectivity index (χ4v) is 4.57. The van der Waals surface area contributed by atoms with Crippen LogP contribution in [-0.4, -0.2) is 33.5 Å². The van der Waals surface area contributed by atoms with Crippen LogP contribution in [0.1, 0.15) is 6.92 Å². The summed E-state index contributed by atoms with van der Waals surface area (Å²) in [7, 11) is -4.00. The first kappa shape index (κ1) is 18.2. The number of benzene rings is 2. The van der Waals surface area contributed by atoms with Crippen LogP contribution in [0.15, 0.2) is 47.4 Å². The number of nitrogens with two attached hydrogens (primary N) is 1. The van der Waals surface area contributed by atoms with Gasteiger partial charge in [-0.1, -0.05) is 0 Å². The highest BCUT2D eigenvalue weighted by Gasteiger charge is 2.40. The Balaban J connectivity index is 2.16. The van der Waals surface area contributed by atoms with Gasteiger partial charge in [0.25, 0.3) is 10.0 Å². The number of carbonyl (C=O) groups is 1. The molecule has 0 unspecified atom stereocenters. The van der Waals surface area contributed by atoms with Crippen LogP contribution in [-0.2, 0) is 14.8 Å². The minimum Gasteiger partial charge on any atom is -0.485 e. The topological polar surface area (TPSA) is 102 Å². The van der Waals surface area contributed by atoms with Gasteiger partial charge in [0.15, 0.2) is 0 Å². The van der Waals surface area contributed by atoms with E-state index in [4.69, 9.17) is 10.5 Å². The van der Waals surface area contributed by atoms with Gasteiger partial charge in [0, 0.05) is 12.2 Å². The molecule has 9 heteroatoms. The van der Waals surface area contributed by atoms with Crippen molar-refractivity contribution in [1.29, 1.82) is 0 Å². The third-order valence-corrected chi connectivity index (χ3v) is 6.13. The lowest BCUT2D eigenvalue weighted by molar-refractivity contribution is -0.105. The van der Waals surface area contributed by atoms with Crippen LogP contribution >= 0.6 is 0 Å². The monoisotopic (exact) mass is 379 g/mol. The summed E-state index contributed by atoms with van der Waals surface area (Å²) in [5.41, 5.74) is 6.43. The molecule has 0 fully saturated rings. The molecular formula is C17H18FN3O4S. The van der Waals surface area contributed by atoms with E-state index in [1.54, 1.807) is 19.1 Å². The van der Waals surface area contributed by atoms with Gasteiger partial charge in [0.1, 0.15) is 17.7 Å². The zero-order valence-corrected chi connectivity index (χ0v) is 14.7. The van der Waals surface area contributed by atoms with Gasteiger partial charge in [-0.25, -0.2) is 12.8 Å². The molecule has 2 aromatic rings. The van der Waals surface area contributed by atoms with Crippen LogP contribution in [0.4, 0.5) is 15.8 Å². The first-order valence-corrected chi connectivity index (χ1v) is 9.33. The lowest BCUT2D eigenvalue weighted by Crippen LogP contribution is -2.53. The van der Waals surface area contributed by atoms with Gasteiger partial charge < -0.3 is 15.8 Å². The number of nitrogens with zero attached hydrogens (tertiary/aromatic N) is 1. The number of ether oxygens (including phenoxy) is 1. The molecular weight excluding hydrogens is 361 g/mol. The molecule has 0 saturated heterocycles. The zero-order chi connectivity index (χ0) is 18.9. The van der Waals surface area contributed by atoms with Crippen molar-refractivity contribution < 1.29 is 22.3 Å². The lowest BCUT2D eigenvalue weighted by atomic mass is 10.1. The summed E-state index contributed by atoms with van der Waals surface area (Å²) in [4.78, 5) is 10.7. The fraction of sp³-hybridized carbons (Fsp3) is 0.235. The molecule has 26 heavy (non-hydrogen) atoms. The van der Waals surface area contributed by atoms with Crippen LogP contribution in [0.5, 0.6) is 5.75 Å². The molecule has 2 aromatic carbocycles. The number of hydrogen-bond acceptors (Lipinski definition) is 5. The average molecular weight is 379 g/mol. The van der Waals surface area contributed by atoms with Crippen molar-refractivity contribution in [3.05, 3.63) is 48.3 Å². The lowest BCUT2D eigenvalue weighted by Gasteiger charge is -2.40. The van der Waals surface area contributed by atoms with Gasteiger partial charge in [0.05, 0.1) is 16.6 Å². The van der Waals surface area contributed by atoms with E-state index < -0.39 is 28.0 Å². The van der Waals surface area contributed by atoms with Crippen LogP contribution in [0, 0.1) is 5.82 Å². The van der Waals surface area contributed by atoms with E-state index in [2.05, 4.69) is 5.32 Å². The van der Waals surface area contributed by atoms with E-state index in [9.17, 15) is 17.6 Å². The van der Waals surface area contributed by atoms with E-state index in [0.717, 1.165) is 12.1 Å². The van der Waals surface area contributed by atoms with Crippen molar-refractivity contribution >= 4 is 27.8 Å². The largest absolute Gasteiger partial charge is 0.485 e. The first-order valence-electron chi connectivity index (χ1n) is 7.89. The summed E-state index contributed by atoms with van der Waals surface area (Å²) in [6.45, 7) is 1.80. The molecule has 1 heterocycles. The Morgan fingerprint density at radius 1 is 1.27 bits per heavy atom. The molecule has 1 aliphatic rings. The molecule has 2 atom stereocenters. The summed E-state index contributed by atoms with van der Waals surface area (Å²) in [6.07, 6.45) is -0.0568. The number of anilines is 2. The molecule has 0 aromatic heterocycles. The maximum Gasteiger partial charge on any atom is 0.264 e. The standard InChI is InChI=1S/C17H18FN3O4S/c1-11-17(9-19)25-16-7-4-13(20-10-22)8-15(16)21(11)26(23,24)14-5-2-12(18)3-6-14/h2-8,10-11,17H,9,19H2,1H3,(H,20,22)/t11-,17+/m0/s1. The molecule has 3 N–H and O–H groups in total.